The highest BCUT2D eigenvalue weighted by Crippen LogP contribution is 2.36. The molecule has 2 bridgehead atoms. The second-order valence-electron chi connectivity index (χ2n) is 11.0. The molecule has 0 saturated carbocycles. The van der Waals surface area contributed by atoms with Crippen LogP contribution in [0.2, 0.25) is 0 Å². The highest BCUT2D eigenvalue weighted by molar-refractivity contribution is 5.97. The fourth-order valence-corrected chi connectivity index (χ4v) is 5.83. The Hall–Kier alpha value is -3.93. The molecule has 2 aromatic heterocycles. The molecule has 2 fully saturated rings. The quantitative estimate of drug-likeness (QED) is 0.490. The number of aliphatic hydroxyl groups excluding tert-OH is 1. The summed E-state index contributed by atoms with van der Waals surface area (Å²) < 4.78 is 22.0. The molecule has 3 aliphatic heterocycles. The van der Waals surface area contributed by atoms with Crippen LogP contribution in [0.25, 0.3) is 5.65 Å². The first-order valence-corrected chi connectivity index (χ1v) is 13.7. The van der Waals surface area contributed by atoms with Crippen LogP contribution in [0.3, 0.4) is 0 Å². The third-order valence-electron chi connectivity index (χ3n) is 8.15. The van der Waals surface area contributed by atoms with Crippen LogP contribution in [0, 0.1) is 12.7 Å². The number of halogens is 1. The Kier molecular flexibility index (Phi) is 6.73. The average molecular weight is 552 g/mol. The Bertz CT molecular complexity index is 1470. The van der Waals surface area contributed by atoms with E-state index in [0.29, 0.717) is 50.5 Å². The molecular weight excluding hydrogens is 517 g/mol. The van der Waals surface area contributed by atoms with Crippen LogP contribution in [0.4, 0.5) is 16.0 Å². The Morgan fingerprint density at radius 2 is 1.82 bits per heavy atom. The van der Waals surface area contributed by atoms with Crippen molar-refractivity contribution in [1.82, 2.24) is 24.4 Å². The molecule has 5 heterocycles. The average Bonchev–Trinajstić information content (AvgIpc) is 3.35. The molecule has 1 aromatic carbocycles. The van der Waals surface area contributed by atoms with E-state index in [1.165, 1.54) is 18.2 Å². The zero-order valence-electron chi connectivity index (χ0n) is 23.0. The highest BCUT2D eigenvalue weighted by atomic mass is 19.1. The van der Waals surface area contributed by atoms with Crippen LogP contribution in [-0.4, -0.2) is 101 Å². The van der Waals surface area contributed by atoms with Gasteiger partial charge in [-0.05, 0) is 44.4 Å². The van der Waals surface area contributed by atoms with Gasteiger partial charge in [0.1, 0.15) is 23.2 Å². The van der Waals surface area contributed by atoms with Crippen molar-refractivity contribution in [2.75, 3.05) is 63.2 Å². The minimum atomic E-state index is -0.550. The van der Waals surface area contributed by atoms with Crippen molar-refractivity contribution in [2.24, 2.45) is 0 Å². The number of anilines is 2. The van der Waals surface area contributed by atoms with Gasteiger partial charge in [-0.1, -0.05) is 0 Å². The summed E-state index contributed by atoms with van der Waals surface area (Å²) >= 11 is 0. The largest absolute Gasteiger partial charge is 0.483 e. The number of carbonyl (C=O) groups excluding carboxylic acids is 2. The molecule has 0 aliphatic carbocycles. The van der Waals surface area contributed by atoms with Gasteiger partial charge in [-0.3, -0.25) is 9.59 Å². The van der Waals surface area contributed by atoms with Crippen molar-refractivity contribution in [3.05, 3.63) is 46.9 Å². The number of aliphatic hydroxyl groups is 1. The smallest absolute Gasteiger partial charge is 0.260 e. The lowest BCUT2D eigenvalue weighted by molar-refractivity contribution is -0.131. The number of β-amino-alcohol motifs (C(OH)–C–C–N with tert-alkyl or cyclic N) is 1. The molecule has 0 spiro atoms. The summed E-state index contributed by atoms with van der Waals surface area (Å²) in [5, 5.41) is 14.9. The van der Waals surface area contributed by atoms with Gasteiger partial charge >= 0.3 is 0 Å². The van der Waals surface area contributed by atoms with Gasteiger partial charge in [0.15, 0.2) is 12.3 Å². The second-order valence-corrected chi connectivity index (χ2v) is 11.0. The number of carbonyl (C=O) groups is 2. The van der Waals surface area contributed by atoms with E-state index in [1.54, 1.807) is 16.8 Å². The molecule has 40 heavy (non-hydrogen) atoms. The fourth-order valence-electron chi connectivity index (χ4n) is 5.83. The van der Waals surface area contributed by atoms with Crippen molar-refractivity contribution in [1.29, 1.82) is 0 Å². The molecular formula is C28H34FN7O4. The molecule has 3 aromatic rings. The maximum Gasteiger partial charge on any atom is 0.260 e. The van der Waals surface area contributed by atoms with E-state index in [0.717, 1.165) is 30.0 Å². The van der Waals surface area contributed by atoms with Gasteiger partial charge in [0.2, 0.25) is 0 Å². The Labute approximate surface area is 231 Å². The van der Waals surface area contributed by atoms with E-state index in [2.05, 4.69) is 4.90 Å². The second kappa shape index (κ2) is 10.2. The zero-order valence-corrected chi connectivity index (χ0v) is 23.0. The Morgan fingerprint density at radius 1 is 1.05 bits per heavy atom. The summed E-state index contributed by atoms with van der Waals surface area (Å²) in [4.78, 5) is 39.2. The summed E-state index contributed by atoms with van der Waals surface area (Å²) in [6.45, 7) is 4.16. The van der Waals surface area contributed by atoms with Crippen molar-refractivity contribution in [3.8, 4) is 5.75 Å². The highest BCUT2D eigenvalue weighted by Gasteiger charge is 2.34. The first-order valence-electron chi connectivity index (χ1n) is 13.7. The summed E-state index contributed by atoms with van der Waals surface area (Å²) in [5.41, 5.74) is 2.36. The zero-order chi connectivity index (χ0) is 28.1. The molecule has 2 saturated heterocycles. The van der Waals surface area contributed by atoms with Gasteiger partial charge in [0, 0.05) is 58.4 Å². The van der Waals surface area contributed by atoms with E-state index < -0.39 is 5.82 Å². The first kappa shape index (κ1) is 26.3. The number of nitrogens with zero attached hydrogens (tertiary/aromatic N) is 7. The standard InChI is InChI=1S/C28H34FN7O4/c1-17-26(34-14-19(37)15-34)30-24-13-21-22-6-4-5-9-35(22)28(39)20-12-18(29)7-8-23(20)40-16-25(38)32(2)10-11-33(3)27(17)36(24)31-21/h7-8,12-13,19,22,37H,4-6,9-11,14-16H2,1-3H3. The molecule has 1 N–H and O–H groups in total. The third kappa shape index (κ3) is 4.59. The number of likely N-dealkylation sites (N-methyl/N-ethyl adjacent to an activating group) is 2. The molecule has 11 nitrogen and oxygen atoms in total. The number of ether oxygens (including phenoxy) is 1. The predicted molar refractivity (Wildman–Crippen MR) is 146 cm³/mol. The van der Waals surface area contributed by atoms with E-state index in [9.17, 15) is 19.1 Å². The topological polar surface area (TPSA) is 107 Å². The Morgan fingerprint density at radius 3 is 2.60 bits per heavy atom. The van der Waals surface area contributed by atoms with Crippen molar-refractivity contribution in [3.63, 3.8) is 0 Å². The van der Waals surface area contributed by atoms with Gasteiger partial charge in [0.25, 0.3) is 11.8 Å². The predicted octanol–water partition coefficient (Wildman–Crippen LogP) is 2.01. The van der Waals surface area contributed by atoms with Gasteiger partial charge in [-0.2, -0.15) is 9.61 Å². The van der Waals surface area contributed by atoms with Crippen LogP contribution in [-0.2, 0) is 4.79 Å². The van der Waals surface area contributed by atoms with Gasteiger partial charge in [-0.25, -0.2) is 9.37 Å². The normalized spacial score (nSPS) is 21.0. The molecule has 1 unspecified atom stereocenters. The summed E-state index contributed by atoms with van der Waals surface area (Å²) in [5.74, 6) is 0.623. The number of benzene rings is 1. The molecule has 6 rings (SSSR count). The maximum absolute atomic E-state index is 14.4. The van der Waals surface area contributed by atoms with Crippen LogP contribution in [0.15, 0.2) is 24.3 Å². The molecule has 212 valence electrons. The summed E-state index contributed by atoms with van der Waals surface area (Å²) in [7, 11) is 3.66. The van der Waals surface area contributed by atoms with Crippen LogP contribution in [0.1, 0.15) is 46.9 Å². The molecule has 1 atom stereocenters. The minimum absolute atomic E-state index is 0.0891. The third-order valence-corrected chi connectivity index (χ3v) is 8.15. The summed E-state index contributed by atoms with van der Waals surface area (Å²) in [6, 6.07) is 5.41. The van der Waals surface area contributed by atoms with E-state index in [1.807, 2.05) is 29.5 Å². The van der Waals surface area contributed by atoms with Crippen molar-refractivity contribution < 1.29 is 23.8 Å². The number of piperidine rings is 1. The number of amides is 2. The number of hydrogen-bond donors (Lipinski definition) is 1. The molecule has 3 aliphatic rings. The van der Waals surface area contributed by atoms with Crippen LogP contribution < -0.4 is 14.5 Å². The van der Waals surface area contributed by atoms with Gasteiger partial charge in [-0.15, -0.1) is 0 Å². The SMILES string of the molecule is Cc1c(N2CC(O)C2)nc2cc3nn2c1N(C)CCN(C)C(=O)COc1ccc(F)cc1C(=O)N1CCCCC31. The number of rotatable bonds is 1. The number of aromatic nitrogens is 3. The van der Waals surface area contributed by atoms with Gasteiger partial charge in [0.05, 0.1) is 23.4 Å². The lowest BCUT2D eigenvalue weighted by Gasteiger charge is -2.38. The maximum atomic E-state index is 14.4. The fraction of sp³-hybridized carbons (Fsp3) is 0.500. The van der Waals surface area contributed by atoms with E-state index >= 15 is 0 Å². The first-order chi connectivity index (χ1) is 19.2. The van der Waals surface area contributed by atoms with Crippen molar-refractivity contribution in [2.45, 2.75) is 38.3 Å². The Balaban J connectivity index is 1.50. The number of fused-ring (bicyclic) bond motifs is 4. The monoisotopic (exact) mass is 551 g/mol. The van der Waals surface area contributed by atoms with Gasteiger partial charge < -0.3 is 29.4 Å². The summed E-state index contributed by atoms with van der Waals surface area (Å²) in [6.07, 6.45) is 2.06. The van der Waals surface area contributed by atoms with E-state index in [-0.39, 0.29) is 41.9 Å². The molecule has 12 heteroatoms. The van der Waals surface area contributed by atoms with E-state index in [4.69, 9.17) is 14.8 Å². The molecule has 2 amide bonds. The number of hydrogen-bond acceptors (Lipinski definition) is 8. The van der Waals surface area contributed by atoms with Crippen LogP contribution in [0.5, 0.6) is 5.75 Å². The minimum Gasteiger partial charge on any atom is -0.483 e. The molecule has 0 radical (unpaired) electrons. The van der Waals surface area contributed by atoms with Crippen molar-refractivity contribution >= 4 is 29.1 Å². The lowest BCUT2D eigenvalue weighted by atomic mass is 9.98. The lowest BCUT2D eigenvalue weighted by Crippen LogP contribution is -2.51. The van der Waals surface area contributed by atoms with Crippen LogP contribution >= 0.6 is 0 Å².